The van der Waals surface area contributed by atoms with Crippen molar-refractivity contribution in [1.29, 1.82) is 0 Å². The number of rotatable bonds is 6. The Kier molecular flexibility index (Phi) is 7.61. The molecule has 0 aliphatic rings. The van der Waals surface area contributed by atoms with E-state index in [0.717, 1.165) is 7.11 Å². The molecule has 8 nitrogen and oxygen atoms in total. The average molecular weight is 390 g/mol. The van der Waals surface area contributed by atoms with Crippen LogP contribution in [-0.4, -0.2) is 40.5 Å². The van der Waals surface area contributed by atoms with Crippen molar-refractivity contribution in [2.24, 2.45) is 0 Å². The molecule has 0 saturated heterocycles. The van der Waals surface area contributed by atoms with Gasteiger partial charge in [0.15, 0.2) is 5.76 Å². The first-order valence-electron chi connectivity index (χ1n) is 8.08. The Hall–Kier alpha value is -3.30. The molecule has 2 aromatic heterocycles. The van der Waals surface area contributed by atoms with Crippen molar-refractivity contribution in [3.63, 3.8) is 0 Å². The van der Waals surface area contributed by atoms with E-state index in [1.54, 1.807) is 12.1 Å². The quantitative estimate of drug-likeness (QED) is 0.617. The van der Waals surface area contributed by atoms with Crippen molar-refractivity contribution in [1.82, 2.24) is 10.1 Å². The SMILES string of the molecule is CO.COC(=O)c1ccc(OCc2c(-c3ccc(F)cc3)noc2CO)nc1. The Labute approximate surface area is 160 Å². The van der Waals surface area contributed by atoms with Crippen molar-refractivity contribution in [3.8, 4) is 17.1 Å². The van der Waals surface area contributed by atoms with Gasteiger partial charge in [0, 0.05) is 24.9 Å². The van der Waals surface area contributed by atoms with Gasteiger partial charge in [0.2, 0.25) is 5.88 Å². The number of nitrogens with zero attached hydrogens (tertiary/aromatic N) is 2. The number of esters is 1. The topological polar surface area (TPSA) is 115 Å². The van der Waals surface area contributed by atoms with E-state index in [9.17, 15) is 14.3 Å². The van der Waals surface area contributed by atoms with Crippen LogP contribution in [0.4, 0.5) is 4.39 Å². The van der Waals surface area contributed by atoms with Crippen LogP contribution in [0.25, 0.3) is 11.3 Å². The number of aliphatic hydroxyl groups is 2. The molecule has 0 fully saturated rings. The summed E-state index contributed by atoms with van der Waals surface area (Å²) in [5.41, 5.74) is 1.90. The normalized spacial score (nSPS) is 10.0. The number of halogens is 1. The number of pyridine rings is 1. The lowest BCUT2D eigenvalue weighted by Gasteiger charge is -2.07. The first kappa shape index (κ1) is 21.0. The molecule has 0 radical (unpaired) electrons. The van der Waals surface area contributed by atoms with E-state index in [4.69, 9.17) is 14.4 Å². The molecule has 0 atom stereocenters. The summed E-state index contributed by atoms with van der Waals surface area (Å²) in [4.78, 5) is 15.4. The highest BCUT2D eigenvalue weighted by Gasteiger charge is 2.18. The van der Waals surface area contributed by atoms with Gasteiger partial charge in [0.05, 0.1) is 18.2 Å². The number of ether oxygens (including phenoxy) is 2. The van der Waals surface area contributed by atoms with Gasteiger partial charge < -0.3 is 24.2 Å². The molecule has 0 aliphatic carbocycles. The molecule has 3 aromatic rings. The van der Waals surface area contributed by atoms with Gasteiger partial charge in [-0.25, -0.2) is 14.2 Å². The lowest BCUT2D eigenvalue weighted by molar-refractivity contribution is 0.0600. The predicted octanol–water partition coefficient (Wildman–Crippen LogP) is 2.34. The Morgan fingerprint density at radius 2 is 1.89 bits per heavy atom. The fourth-order valence-corrected chi connectivity index (χ4v) is 2.30. The predicted molar refractivity (Wildman–Crippen MR) is 95.9 cm³/mol. The van der Waals surface area contributed by atoms with Gasteiger partial charge in [0.25, 0.3) is 0 Å². The minimum absolute atomic E-state index is 0.0245. The molecule has 1 aromatic carbocycles. The lowest BCUT2D eigenvalue weighted by Crippen LogP contribution is -2.04. The van der Waals surface area contributed by atoms with E-state index < -0.39 is 5.97 Å². The highest BCUT2D eigenvalue weighted by atomic mass is 19.1. The number of carbonyl (C=O) groups is 1. The van der Waals surface area contributed by atoms with Crippen LogP contribution in [0.5, 0.6) is 5.88 Å². The molecule has 0 aliphatic heterocycles. The van der Waals surface area contributed by atoms with E-state index in [1.165, 1.54) is 37.6 Å². The number of aromatic nitrogens is 2. The van der Waals surface area contributed by atoms with E-state index in [0.29, 0.717) is 22.4 Å². The highest BCUT2D eigenvalue weighted by Crippen LogP contribution is 2.27. The fourth-order valence-electron chi connectivity index (χ4n) is 2.30. The highest BCUT2D eigenvalue weighted by molar-refractivity contribution is 5.88. The molecular weight excluding hydrogens is 371 g/mol. The molecule has 9 heteroatoms. The van der Waals surface area contributed by atoms with Crippen molar-refractivity contribution in [3.05, 3.63) is 65.3 Å². The summed E-state index contributed by atoms with van der Waals surface area (Å²) in [6.07, 6.45) is 1.34. The van der Waals surface area contributed by atoms with Crippen molar-refractivity contribution >= 4 is 5.97 Å². The van der Waals surface area contributed by atoms with Crippen LogP contribution in [0.15, 0.2) is 47.1 Å². The zero-order valence-electron chi connectivity index (χ0n) is 15.3. The molecule has 2 N–H and O–H groups in total. The molecule has 0 amide bonds. The minimum Gasteiger partial charge on any atom is -0.473 e. The molecular formula is C19H19FN2O6. The zero-order valence-corrected chi connectivity index (χ0v) is 15.3. The summed E-state index contributed by atoms with van der Waals surface area (Å²) >= 11 is 0. The Morgan fingerprint density at radius 1 is 1.18 bits per heavy atom. The van der Waals surface area contributed by atoms with Gasteiger partial charge in [0.1, 0.15) is 24.7 Å². The monoisotopic (exact) mass is 390 g/mol. The van der Waals surface area contributed by atoms with Crippen molar-refractivity contribution in [2.45, 2.75) is 13.2 Å². The number of hydrogen-bond acceptors (Lipinski definition) is 8. The van der Waals surface area contributed by atoms with Crippen LogP contribution in [0.2, 0.25) is 0 Å². The maximum Gasteiger partial charge on any atom is 0.339 e. The van der Waals surface area contributed by atoms with Gasteiger partial charge in [-0.05, 0) is 30.3 Å². The second-order valence-corrected chi connectivity index (χ2v) is 5.26. The molecule has 148 valence electrons. The average Bonchev–Trinajstić information content (AvgIpc) is 3.17. The fraction of sp³-hybridized carbons (Fsp3) is 0.211. The maximum atomic E-state index is 13.1. The Balaban J connectivity index is 0.00000136. The third kappa shape index (κ3) is 4.90. The standard InChI is InChI=1S/C18H15FN2O5.CH4O/c1-24-18(23)12-4-7-16(20-8-12)25-10-14-15(9-22)26-21-17(14)11-2-5-13(19)6-3-11;1-2/h2-8,22H,9-10H2,1H3;2H,1H3. The molecule has 0 saturated carbocycles. The van der Waals surface area contributed by atoms with Gasteiger partial charge in [-0.15, -0.1) is 0 Å². The van der Waals surface area contributed by atoms with Crippen LogP contribution in [0.1, 0.15) is 21.7 Å². The van der Waals surface area contributed by atoms with E-state index >= 15 is 0 Å². The maximum absolute atomic E-state index is 13.1. The van der Waals surface area contributed by atoms with Gasteiger partial charge in [-0.1, -0.05) is 5.16 Å². The van der Waals surface area contributed by atoms with E-state index in [-0.39, 0.29) is 30.7 Å². The first-order chi connectivity index (χ1) is 13.6. The number of methoxy groups -OCH3 is 1. The summed E-state index contributed by atoms with van der Waals surface area (Å²) in [5.74, 6) is -0.347. The second-order valence-electron chi connectivity index (χ2n) is 5.26. The van der Waals surface area contributed by atoms with E-state index in [2.05, 4.69) is 14.9 Å². The van der Waals surface area contributed by atoms with Crippen LogP contribution in [0.3, 0.4) is 0 Å². The molecule has 0 unspecified atom stereocenters. The Bertz CT molecular complexity index is 894. The summed E-state index contributed by atoms with van der Waals surface area (Å²) in [5, 5.41) is 20.4. The summed E-state index contributed by atoms with van der Waals surface area (Å²) in [7, 11) is 2.28. The van der Waals surface area contributed by atoms with Crippen LogP contribution >= 0.6 is 0 Å². The van der Waals surface area contributed by atoms with Gasteiger partial charge in [-0.2, -0.15) is 0 Å². The smallest absolute Gasteiger partial charge is 0.339 e. The molecule has 0 bridgehead atoms. The van der Waals surface area contributed by atoms with E-state index in [1.807, 2.05) is 0 Å². The minimum atomic E-state index is -0.496. The Morgan fingerprint density at radius 3 is 2.46 bits per heavy atom. The van der Waals surface area contributed by atoms with Crippen LogP contribution in [-0.2, 0) is 18.0 Å². The molecule has 3 rings (SSSR count). The van der Waals surface area contributed by atoms with Crippen molar-refractivity contribution < 1.29 is 33.4 Å². The van der Waals surface area contributed by atoms with Gasteiger partial charge >= 0.3 is 5.97 Å². The lowest BCUT2D eigenvalue weighted by atomic mass is 10.1. The third-order valence-electron chi connectivity index (χ3n) is 3.65. The number of carbonyl (C=O) groups excluding carboxylic acids is 1. The molecule has 2 heterocycles. The zero-order chi connectivity index (χ0) is 20.5. The largest absolute Gasteiger partial charge is 0.473 e. The van der Waals surface area contributed by atoms with Gasteiger partial charge in [-0.3, -0.25) is 0 Å². The second kappa shape index (κ2) is 10.1. The summed E-state index contributed by atoms with van der Waals surface area (Å²) < 4.78 is 28.4. The molecule has 28 heavy (non-hydrogen) atoms. The third-order valence-corrected chi connectivity index (χ3v) is 3.65. The number of benzene rings is 1. The first-order valence-corrected chi connectivity index (χ1v) is 8.08. The number of aliphatic hydroxyl groups excluding tert-OH is 2. The number of hydrogen-bond donors (Lipinski definition) is 2. The van der Waals surface area contributed by atoms with Crippen LogP contribution in [0, 0.1) is 5.82 Å². The van der Waals surface area contributed by atoms with Crippen molar-refractivity contribution in [2.75, 3.05) is 14.2 Å². The summed E-state index contributed by atoms with van der Waals surface area (Å²) in [6, 6.07) is 8.77. The van der Waals surface area contributed by atoms with Crippen LogP contribution < -0.4 is 4.74 Å². The molecule has 0 spiro atoms. The summed E-state index contributed by atoms with van der Waals surface area (Å²) in [6.45, 7) is -0.335.